The number of halogens is 3. The van der Waals surface area contributed by atoms with Crippen molar-refractivity contribution in [3.8, 4) is 0 Å². The van der Waals surface area contributed by atoms with E-state index in [0.29, 0.717) is 0 Å². The lowest BCUT2D eigenvalue weighted by molar-refractivity contribution is -0.149. The van der Waals surface area contributed by atoms with Crippen LogP contribution in [0.2, 0.25) is 10.0 Å². The lowest BCUT2D eigenvalue weighted by Gasteiger charge is -2.22. The van der Waals surface area contributed by atoms with Gasteiger partial charge in [-0.25, -0.2) is 4.39 Å². The first-order chi connectivity index (χ1) is 9.42. The fraction of sp³-hybridized carbons (Fsp3) is 0.385. The van der Waals surface area contributed by atoms with Crippen LogP contribution >= 0.6 is 23.2 Å². The van der Waals surface area contributed by atoms with Crippen LogP contribution in [-0.2, 0) is 14.3 Å². The third kappa shape index (κ3) is 2.41. The van der Waals surface area contributed by atoms with E-state index < -0.39 is 23.0 Å². The van der Waals surface area contributed by atoms with Crippen LogP contribution in [0.4, 0.5) is 4.39 Å². The second kappa shape index (κ2) is 5.68. The smallest absolute Gasteiger partial charge is 0.322 e. The molecule has 0 amide bonds. The van der Waals surface area contributed by atoms with Gasteiger partial charge in [0.15, 0.2) is 17.0 Å². The Hall–Kier alpha value is -1.17. The highest BCUT2D eigenvalue weighted by molar-refractivity contribution is 6.35. The van der Waals surface area contributed by atoms with E-state index in [1.165, 1.54) is 7.11 Å². The Labute approximate surface area is 124 Å². The average Bonchev–Trinajstić information content (AvgIpc) is 2.93. The van der Waals surface area contributed by atoms with Crippen molar-refractivity contribution >= 4 is 35.0 Å². The Balaban J connectivity index is 2.46. The van der Waals surface area contributed by atoms with Crippen LogP contribution < -0.4 is 0 Å². The van der Waals surface area contributed by atoms with E-state index in [2.05, 4.69) is 4.74 Å². The van der Waals surface area contributed by atoms with Gasteiger partial charge in [-0.05, 0) is 18.6 Å². The lowest BCUT2D eigenvalue weighted by Crippen LogP contribution is -2.41. The fourth-order valence-electron chi connectivity index (χ4n) is 2.16. The van der Waals surface area contributed by atoms with Crippen molar-refractivity contribution in [2.75, 3.05) is 20.3 Å². The van der Waals surface area contributed by atoms with Gasteiger partial charge in [0.05, 0.1) is 23.8 Å². The second-order valence-electron chi connectivity index (χ2n) is 4.46. The molecule has 20 heavy (non-hydrogen) atoms. The van der Waals surface area contributed by atoms with E-state index in [1.807, 2.05) is 0 Å². The van der Waals surface area contributed by atoms with Gasteiger partial charge in [-0.3, -0.25) is 9.59 Å². The predicted octanol–water partition coefficient (Wildman–Crippen LogP) is 2.89. The number of methoxy groups -OCH3 is 1. The zero-order valence-corrected chi connectivity index (χ0v) is 12.1. The van der Waals surface area contributed by atoms with Crippen molar-refractivity contribution in [3.63, 3.8) is 0 Å². The molecule has 0 radical (unpaired) electrons. The van der Waals surface area contributed by atoms with Crippen LogP contribution in [0.25, 0.3) is 0 Å². The molecule has 4 nitrogen and oxygen atoms in total. The molecule has 1 aliphatic heterocycles. The summed E-state index contributed by atoms with van der Waals surface area (Å²) in [6.07, 6.45) is 0.200. The van der Waals surface area contributed by atoms with Crippen LogP contribution in [0.15, 0.2) is 12.1 Å². The normalized spacial score (nSPS) is 21.8. The number of rotatable bonds is 3. The fourth-order valence-corrected chi connectivity index (χ4v) is 2.64. The summed E-state index contributed by atoms with van der Waals surface area (Å²) in [5, 5.41) is -0.556. The van der Waals surface area contributed by atoms with Gasteiger partial charge < -0.3 is 9.47 Å². The number of carbonyl (C=O) groups excluding carboxylic acids is 2. The quantitative estimate of drug-likeness (QED) is 0.372. The first kappa shape index (κ1) is 15.2. The van der Waals surface area contributed by atoms with E-state index in [4.69, 9.17) is 27.9 Å². The van der Waals surface area contributed by atoms with E-state index in [1.54, 1.807) is 0 Å². The van der Waals surface area contributed by atoms with Gasteiger partial charge >= 0.3 is 5.97 Å². The summed E-state index contributed by atoms with van der Waals surface area (Å²) in [7, 11) is 1.19. The molecule has 0 bridgehead atoms. The van der Waals surface area contributed by atoms with Gasteiger partial charge in [0.25, 0.3) is 0 Å². The minimum Gasteiger partial charge on any atom is -0.468 e. The van der Waals surface area contributed by atoms with E-state index in [9.17, 15) is 14.0 Å². The van der Waals surface area contributed by atoms with Gasteiger partial charge in [-0.15, -0.1) is 0 Å². The van der Waals surface area contributed by atoms with E-state index >= 15 is 0 Å². The largest absolute Gasteiger partial charge is 0.468 e. The Morgan fingerprint density at radius 1 is 1.35 bits per heavy atom. The molecule has 1 aliphatic rings. The SMILES string of the molecule is COC(=O)C1(C(=O)c2cc(Cl)c(F)c(Cl)c2)CCOC1. The maximum Gasteiger partial charge on any atom is 0.322 e. The number of ketones is 1. The van der Waals surface area contributed by atoms with Gasteiger partial charge in [-0.1, -0.05) is 23.2 Å². The van der Waals surface area contributed by atoms with Gasteiger partial charge in [-0.2, -0.15) is 0 Å². The Morgan fingerprint density at radius 2 is 1.95 bits per heavy atom. The molecule has 1 aromatic rings. The lowest BCUT2D eigenvalue weighted by atomic mass is 9.79. The number of ether oxygens (including phenoxy) is 2. The van der Waals surface area contributed by atoms with Crippen molar-refractivity contribution in [2.24, 2.45) is 5.41 Å². The zero-order valence-electron chi connectivity index (χ0n) is 10.5. The number of hydrogen-bond acceptors (Lipinski definition) is 4. The van der Waals surface area contributed by atoms with Crippen LogP contribution in [-0.4, -0.2) is 32.1 Å². The van der Waals surface area contributed by atoms with Crippen molar-refractivity contribution in [1.82, 2.24) is 0 Å². The molecule has 1 heterocycles. The standard InChI is InChI=1S/C13H11Cl2FO4/c1-19-12(18)13(2-3-20-6-13)11(17)7-4-8(14)10(16)9(15)5-7/h4-5H,2-3,6H2,1H3. The summed E-state index contributed by atoms with van der Waals surface area (Å²) >= 11 is 11.3. The second-order valence-corrected chi connectivity index (χ2v) is 5.27. The van der Waals surface area contributed by atoms with Gasteiger partial charge in [0, 0.05) is 12.2 Å². The monoisotopic (exact) mass is 320 g/mol. The molecule has 2 rings (SSSR count). The van der Waals surface area contributed by atoms with Crippen LogP contribution in [0.3, 0.4) is 0 Å². The molecule has 0 N–H and O–H groups in total. The van der Waals surface area contributed by atoms with Crippen molar-refractivity contribution in [2.45, 2.75) is 6.42 Å². The molecule has 7 heteroatoms. The highest BCUT2D eigenvalue weighted by Gasteiger charge is 2.50. The number of carbonyl (C=O) groups is 2. The van der Waals surface area contributed by atoms with E-state index in [-0.39, 0.29) is 35.2 Å². The first-order valence-corrected chi connectivity index (χ1v) is 6.53. The minimum absolute atomic E-state index is 0.0531. The molecule has 1 aromatic carbocycles. The number of hydrogen-bond donors (Lipinski definition) is 0. The molecule has 1 unspecified atom stereocenters. The molecule has 0 aromatic heterocycles. The maximum absolute atomic E-state index is 13.4. The molecule has 108 valence electrons. The highest BCUT2D eigenvalue weighted by Crippen LogP contribution is 2.36. The topological polar surface area (TPSA) is 52.6 Å². The molecule has 1 fully saturated rings. The summed E-state index contributed by atoms with van der Waals surface area (Å²) in [6, 6.07) is 2.29. The van der Waals surface area contributed by atoms with Crippen molar-refractivity contribution in [3.05, 3.63) is 33.6 Å². The molecule has 0 aliphatic carbocycles. The van der Waals surface area contributed by atoms with Gasteiger partial charge in [0.1, 0.15) is 0 Å². The minimum atomic E-state index is -1.42. The summed E-state index contributed by atoms with van der Waals surface area (Å²) < 4.78 is 23.2. The summed E-state index contributed by atoms with van der Waals surface area (Å²) in [6.45, 7) is 0.189. The molecular formula is C13H11Cl2FO4. The van der Waals surface area contributed by atoms with E-state index in [0.717, 1.165) is 12.1 Å². The Kier molecular flexibility index (Phi) is 4.32. The summed E-state index contributed by atoms with van der Waals surface area (Å²) in [5.41, 5.74) is -1.36. The molecule has 1 atom stereocenters. The predicted molar refractivity (Wildman–Crippen MR) is 70.6 cm³/mol. The highest BCUT2D eigenvalue weighted by atomic mass is 35.5. The maximum atomic E-state index is 13.4. The molecule has 0 spiro atoms. The number of esters is 1. The number of benzene rings is 1. The van der Waals surface area contributed by atoms with Crippen LogP contribution in [0.5, 0.6) is 0 Å². The van der Waals surface area contributed by atoms with Crippen LogP contribution in [0, 0.1) is 11.2 Å². The average molecular weight is 321 g/mol. The third-order valence-electron chi connectivity index (χ3n) is 3.28. The molecule has 0 saturated carbocycles. The third-order valence-corrected chi connectivity index (χ3v) is 3.83. The molecular weight excluding hydrogens is 310 g/mol. The zero-order chi connectivity index (χ0) is 14.9. The van der Waals surface area contributed by atoms with Crippen LogP contribution in [0.1, 0.15) is 16.8 Å². The number of Topliss-reactive ketones (excluding diaryl/α,β-unsaturated/α-hetero) is 1. The molecule has 1 saturated heterocycles. The van der Waals surface area contributed by atoms with Crippen molar-refractivity contribution in [1.29, 1.82) is 0 Å². The Morgan fingerprint density at radius 3 is 2.40 bits per heavy atom. The van der Waals surface area contributed by atoms with Gasteiger partial charge in [0.2, 0.25) is 0 Å². The Bertz CT molecular complexity index is 544. The first-order valence-electron chi connectivity index (χ1n) is 5.78. The van der Waals surface area contributed by atoms with Crippen molar-refractivity contribution < 1.29 is 23.5 Å². The summed E-state index contributed by atoms with van der Waals surface area (Å²) in [5.74, 6) is -2.03. The summed E-state index contributed by atoms with van der Waals surface area (Å²) in [4.78, 5) is 24.5.